The number of aryl methyl sites for hydroxylation is 1. The van der Waals surface area contributed by atoms with Crippen molar-refractivity contribution in [3.05, 3.63) is 30.0 Å². The Labute approximate surface area is 137 Å². The van der Waals surface area contributed by atoms with Crippen molar-refractivity contribution >= 4 is 17.5 Å². The van der Waals surface area contributed by atoms with Crippen molar-refractivity contribution in [3.63, 3.8) is 0 Å². The third kappa shape index (κ3) is 4.03. The molecule has 1 N–H and O–H groups in total. The third-order valence-corrected chi connectivity index (χ3v) is 3.58. The van der Waals surface area contributed by atoms with Crippen LogP contribution in [0.3, 0.4) is 0 Å². The van der Waals surface area contributed by atoms with E-state index in [0.29, 0.717) is 11.7 Å². The fourth-order valence-electron chi connectivity index (χ4n) is 2.35. The molecule has 0 amide bonds. The Hall–Kier alpha value is -2.50. The Balaban J connectivity index is 2.36. The number of nitrogens with zero attached hydrogens (tertiary/aromatic N) is 3. The van der Waals surface area contributed by atoms with Crippen molar-refractivity contribution < 1.29 is 9.47 Å². The van der Waals surface area contributed by atoms with Crippen LogP contribution in [0, 0.1) is 6.92 Å². The van der Waals surface area contributed by atoms with Crippen LogP contribution in [-0.4, -0.2) is 37.3 Å². The number of methoxy groups -OCH3 is 2. The molecule has 0 fully saturated rings. The number of nitrogens with one attached hydrogen (secondary N) is 1. The number of aromatic nitrogens is 2. The van der Waals surface area contributed by atoms with E-state index in [9.17, 15) is 0 Å². The average Bonchev–Trinajstić information content (AvgIpc) is 2.55. The standard InChI is InChI=1S/C17H24N4O2/c1-6-21(7-2)16-10-12(3)18-17(20-16)19-14-11-13(22-4)8-9-15(14)23-5/h8-11H,6-7H2,1-5H3,(H,18,19,20). The van der Waals surface area contributed by atoms with Gasteiger partial charge in [-0.05, 0) is 32.9 Å². The van der Waals surface area contributed by atoms with Gasteiger partial charge in [0, 0.05) is 30.9 Å². The minimum atomic E-state index is 0.540. The molecule has 0 aliphatic heterocycles. The number of anilines is 3. The molecular formula is C17H24N4O2. The van der Waals surface area contributed by atoms with Gasteiger partial charge in [-0.2, -0.15) is 4.98 Å². The van der Waals surface area contributed by atoms with Crippen molar-refractivity contribution in [2.24, 2.45) is 0 Å². The summed E-state index contributed by atoms with van der Waals surface area (Å²) in [7, 11) is 3.26. The number of benzene rings is 1. The Morgan fingerprint density at radius 3 is 2.39 bits per heavy atom. The second-order valence-corrected chi connectivity index (χ2v) is 5.05. The molecule has 6 heteroatoms. The van der Waals surface area contributed by atoms with Gasteiger partial charge < -0.3 is 19.7 Å². The SMILES string of the molecule is CCN(CC)c1cc(C)nc(Nc2cc(OC)ccc2OC)n1. The van der Waals surface area contributed by atoms with E-state index in [-0.39, 0.29) is 0 Å². The predicted octanol–water partition coefficient (Wildman–Crippen LogP) is 3.39. The van der Waals surface area contributed by atoms with Crippen molar-refractivity contribution in [1.29, 1.82) is 0 Å². The van der Waals surface area contributed by atoms with Crippen LogP contribution in [0.1, 0.15) is 19.5 Å². The van der Waals surface area contributed by atoms with Crippen LogP contribution in [-0.2, 0) is 0 Å². The Kier molecular flexibility index (Phi) is 5.62. The monoisotopic (exact) mass is 316 g/mol. The zero-order valence-electron chi connectivity index (χ0n) is 14.4. The van der Waals surface area contributed by atoms with E-state index in [1.54, 1.807) is 14.2 Å². The molecule has 1 heterocycles. The topological polar surface area (TPSA) is 59.5 Å². The number of ether oxygens (including phenoxy) is 2. The molecule has 1 aromatic carbocycles. The molecule has 0 saturated heterocycles. The Bertz CT molecular complexity index is 657. The van der Waals surface area contributed by atoms with Gasteiger partial charge in [0.2, 0.25) is 5.95 Å². The van der Waals surface area contributed by atoms with Gasteiger partial charge in [0.25, 0.3) is 0 Å². The van der Waals surface area contributed by atoms with Gasteiger partial charge in [-0.15, -0.1) is 0 Å². The summed E-state index contributed by atoms with van der Waals surface area (Å²) in [5.74, 6) is 2.90. The molecule has 2 aromatic rings. The molecule has 6 nitrogen and oxygen atoms in total. The zero-order valence-corrected chi connectivity index (χ0v) is 14.4. The lowest BCUT2D eigenvalue weighted by molar-refractivity contribution is 0.405. The molecule has 0 radical (unpaired) electrons. The maximum absolute atomic E-state index is 5.38. The lowest BCUT2D eigenvalue weighted by Crippen LogP contribution is -2.23. The van der Waals surface area contributed by atoms with Crippen LogP contribution >= 0.6 is 0 Å². The van der Waals surface area contributed by atoms with Gasteiger partial charge in [0.1, 0.15) is 17.3 Å². The van der Waals surface area contributed by atoms with E-state index in [0.717, 1.165) is 36.0 Å². The van der Waals surface area contributed by atoms with Gasteiger partial charge in [-0.1, -0.05) is 0 Å². The van der Waals surface area contributed by atoms with Crippen LogP contribution < -0.4 is 19.7 Å². The van der Waals surface area contributed by atoms with Crippen molar-refractivity contribution in [3.8, 4) is 11.5 Å². The molecule has 0 saturated carbocycles. The van der Waals surface area contributed by atoms with Gasteiger partial charge >= 0.3 is 0 Å². The lowest BCUT2D eigenvalue weighted by atomic mass is 10.2. The van der Waals surface area contributed by atoms with Crippen molar-refractivity contribution in [2.75, 3.05) is 37.5 Å². The van der Waals surface area contributed by atoms with Gasteiger partial charge in [0.15, 0.2) is 0 Å². The van der Waals surface area contributed by atoms with E-state index in [2.05, 4.69) is 34.0 Å². The molecule has 124 valence electrons. The smallest absolute Gasteiger partial charge is 0.229 e. The second-order valence-electron chi connectivity index (χ2n) is 5.05. The highest BCUT2D eigenvalue weighted by Gasteiger charge is 2.10. The summed E-state index contributed by atoms with van der Waals surface area (Å²) in [6, 6.07) is 7.55. The highest BCUT2D eigenvalue weighted by molar-refractivity contribution is 5.65. The molecule has 0 atom stereocenters. The van der Waals surface area contributed by atoms with E-state index in [4.69, 9.17) is 9.47 Å². The summed E-state index contributed by atoms with van der Waals surface area (Å²) in [5.41, 5.74) is 1.68. The van der Waals surface area contributed by atoms with Crippen molar-refractivity contribution in [2.45, 2.75) is 20.8 Å². The summed E-state index contributed by atoms with van der Waals surface area (Å²) in [4.78, 5) is 11.3. The first-order valence-corrected chi connectivity index (χ1v) is 7.70. The van der Waals surface area contributed by atoms with E-state index < -0.39 is 0 Å². The van der Waals surface area contributed by atoms with Crippen LogP contribution in [0.2, 0.25) is 0 Å². The first kappa shape index (κ1) is 16.9. The lowest BCUT2D eigenvalue weighted by Gasteiger charge is -2.21. The maximum atomic E-state index is 5.38. The van der Waals surface area contributed by atoms with Gasteiger partial charge in [-0.3, -0.25) is 0 Å². The highest BCUT2D eigenvalue weighted by atomic mass is 16.5. The first-order chi connectivity index (χ1) is 11.1. The summed E-state index contributed by atoms with van der Waals surface area (Å²) < 4.78 is 10.7. The van der Waals surface area contributed by atoms with E-state index in [1.165, 1.54) is 0 Å². The zero-order chi connectivity index (χ0) is 16.8. The Morgan fingerprint density at radius 2 is 1.78 bits per heavy atom. The number of rotatable bonds is 7. The summed E-state index contributed by atoms with van der Waals surface area (Å²) in [5, 5.41) is 3.23. The molecule has 0 aliphatic carbocycles. The Morgan fingerprint density at radius 1 is 1.04 bits per heavy atom. The highest BCUT2D eigenvalue weighted by Crippen LogP contribution is 2.31. The summed E-state index contributed by atoms with van der Waals surface area (Å²) in [6.45, 7) is 7.98. The molecule has 1 aromatic heterocycles. The van der Waals surface area contributed by atoms with E-state index >= 15 is 0 Å². The molecule has 0 unspecified atom stereocenters. The second kappa shape index (κ2) is 7.67. The van der Waals surface area contributed by atoms with Crippen LogP contribution in [0.15, 0.2) is 24.3 Å². The van der Waals surface area contributed by atoms with Crippen LogP contribution in [0.25, 0.3) is 0 Å². The third-order valence-electron chi connectivity index (χ3n) is 3.58. The van der Waals surface area contributed by atoms with Crippen LogP contribution in [0.5, 0.6) is 11.5 Å². The number of hydrogen-bond donors (Lipinski definition) is 1. The van der Waals surface area contributed by atoms with Gasteiger partial charge in [0.05, 0.1) is 19.9 Å². The molecule has 2 rings (SSSR count). The molecule has 23 heavy (non-hydrogen) atoms. The average molecular weight is 316 g/mol. The molecular weight excluding hydrogens is 292 g/mol. The fourth-order valence-corrected chi connectivity index (χ4v) is 2.35. The first-order valence-electron chi connectivity index (χ1n) is 7.70. The predicted molar refractivity (Wildman–Crippen MR) is 93.2 cm³/mol. The molecule has 0 bridgehead atoms. The minimum absolute atomic E-state index is 0.540. The normalized spacial score (nSPS) is 10.3. The fraction of sp³-hybridized carbons (Fsp3) is 0.412. The van der Waals surface area contributed by atoms with E-state index in [1.807, 2.05) is 31.2 Å². The largest absolute Gasteiger partial charge is 0.497 e. The molecule has 0 aliphatic rings. The summed E-state index contributed by atoms with van der Waals surface area (Å²) >= 11 is 0. The van der Waals surface area contributed by atoms with Crippen molar-refractivity contribution in [1.82, 2.24) is 9.97 Å². The van der Waals surface area contributed by atoms with Crippen LogP contribution in [0.4, 0.5) is 17.5 Å². The summed E-state index contributed by atoms with van der Waals surface area (Å²) in [6.07, 6.45) is 0. The maximum Gasteiger partial charge on any atom is 0.229 e. The quantitative estimate of drug-likeness (QED) is 0.845. The number of hydrogen-bond acceptors (Lipinski definition) is 6. The molecule has 0 spiro atoms. The van der Waals surface area contributed by atoms with Gasteiger partial charge in [-0.25, -0.2) is 4.98 Å². The minimum Gasteiger partial charge on any atom is -0.497 e.